The molecule has 1 fully saturated rings. The summed E-state index contributed by atoms with van der Waals surface area (Å²) in [7, 11) is 0. The Hall–Kier alpha value is -2.38. The summed E-state index contributed by atoms with van der Waals surface area (Å²) < 4.78 is 1.52. The van der Waals surface area contributed by atoms with Gasteiger partial charge < -0.3 is 14.9 Å². The van der Waals surface area contributed by atoms with Gasteiger partial charge in [-0.2, -0.15) is 0 Å². The lowest BCUT2D eigenvalue weighted by Crippen LogP contribution is -2.56. The van der Waals surface area contributed by atoms with E-state index in [-0.39, 0.29) is 17.8 Å². The number of likely N-dealkylation sites (tertiary alicyclic amines) is 1. The highest BCUT2D eigenvalue weighted by Gasteiger charge is 2.35. The largest absolute Gasteiger partial charge is 0.476 e. The Labute approximate surface area is 121 Å². The number of urea groups is 1. The molecule has 0 bridgehead atoms. The fourth-order valence-corrected chi connectivity index (χ4v) is 2.48. The quantitative estimate of drug-likeness (QED) is 0.806. The summed E-state index contributed by atoms with van der Waals surface area (Å²) in [5.41, 5.74) is 1.25. The third-order valence-electron chi connectivity index (χ3n) is 3.94. The van der Waals surface area contributed by atoms with Gasteiger partial charge in [0, 0.05) is 26.2 Å². The molecule has 0 saturated carbocycles. The van der Waals surface area contributed by atoms with E-state index in [0.717, 1.165) is 13.0 Å². The first-order chi connectivity index (χ1) is 10.0. The van der Waals surface area contributed by atoms with Crippen LogP contribution in [0.2, 0.25) is 0 Å². The van der Waals surface area contributed by atoms with Crippen LogP contribution in [0.3, 0.4) is 0 Å². The van der Waals surface area contributed by atoms with Gasteiger partial charge in [0.25, 0.3) is 0 Å². The summed E-state index contributed by atoms with van der Waals surface area (Å²) in [6.45, 7) is 4.58. The predicted octanol–water partition coefficient (Wildman–Crippen LogP) is 0.605. The molecule has 21 heavy (non-hydrogen) atoms. The third kappa shape index (κ3) is 2.61. The number of carbonyl (C=O) groups is 2. The highest BCUT2D eigenvalue weighted by Crippen LogP contribution is 2.23. The molecule has 8 heteroatoms. The molecule has 0 aromatic carbocycles. The number of hydrogen-bond acceptors (Lipinski definition) is 4. The zero-order chi connectivity index (χ0) is 15.0. The van der Waals surface area contributed by atoms with Crippen LogP contribution in [-0.4, -0.2) is 68.1 Å². The number of rotatable bonds is 2. The molecule has 2 aliphatic heterocycles. The maximum absolute atomic E-state index is 12.3. The first kappa shape index (κ1) is 13.6. The normalized spacial score (nSPS) is 19.2. The lowest BCUT2D eigenvalue weighted by Gasteiger charge is -2.42. The molecule has 0 atom stereocenters. The van der Waals surface area contributed by atoms with Gasteiger partial charge in [-0.1, -0.05) is 16.9 Å². The molecule has 1 aromatic rings. The highest BCUT2D eigenvalue weighted by atomic mass is 16.4. The molecule has 2 amide bonds. The number of aromatic nitrogens is 3. The monoisotopic (exact) mass is 291 g/mol. The topological polar surface area (TPSA) is 91.6 Å². The van der Waals surface area contributed by atoms with Crippen molar-refractivity contribution in [3.63, 3.8) is 0 Å². The van der Waals surface area contributed by atoms with Crippen molar-refractivity contribution in [1.82, 2.24) is 24.8 Å². The van der Waals surface area contributed by atoms with Gasteiger partial charge in [-0.05, 0) is 13.3 Å². The van der Waals surface area contributed by atoms with Crippen LogP contribution in [-0.2, 0) is 0 Å². The van der Waals surface area contributed by atoms with Gasteiger partial charge >= 0.3 is 12.0 Å². The van der Waals surface area contributed by atoms with Crippen LogP contribution in [0.4, 0.5) is 4.79 Å². The zero-order valence-corrected chi connectivity index (χ0v) is 11.8. The number of hydrogen-bond donors (Lipinski definition) is 1. The molecule has 0 spiro atoms. The number of aromatic carboxylic acids is 1. The summed E-state index contributed by atoms with van der Waals surface area (Å²) in [5, 5.41) is 16.2. The van der Waals surface area contributed by atoms with E-state index < -0.39 is 5.97 Å². The second-order valence-corrected chi connectivity index (χ2v) is 5.48. The zero-order valence-electron chi connectivity index (χ0n) is 11.8. The SMILES string of the molecule is CC1=CCN(C(=O)N2CC(n3cc(C(=O)O)nn3)C2)CC1. The van der Waals surface area contributed by atoms with Gasteiger partial charge in [0.1, 0.15) is 0 Å². The van der Waals surface area contributed by atoms with E-state index >= 15 is 0 Å². The molecule has 0 aliphatic carbocycles. The molecule has 2 aliphatic rings. The van der Waals surface area contributed by atoms with E-state index in [0.29, 0.717) is 19.6 Å². The molecule has 1 N–H and O–H groups in total. The molecule has 112 valence electrons. The number of carbonyl (C=O) groups excluding carboxylic acids is 1. The van der Waals surface area contributed by atoms with Crippen molar-refractivity contribution in [2.24, 2.45) is 0 Å². The minimum atomic E-state index is -1.09. The Balaban J connectivity index is 1.55. The lowest BCUT2D eigenvalue weighted by atomic mass is 10.1. The van der Waals surface area contributed by atoms with Crippen molar-refractivity contribution < 1.29 is 14.7 Å². The maximum atomic E-state index is 12.3. The maximum Gasteiger partial charge on any atom is 0.358 e. The van der Waals surface area contributed by atoms with E-state index in [4.69, 9.17) is 5.11 Å². The number of carboxylic acid groups (broad SMARTS) is 1. The van der Waals surface area contributed by atoms with Crippen LogP contribution in [0, 0.1) is 0 Å². The second-order valence-electron chi connectivity index (χ2n) is 5.48. The molecule has 0 radical (unpaired) electrons. The molecule has 0 unspecified atom stereocenters. The van der Waals surface area contributed by atoms with Crippen molar-refractivity contribution in [1.29, 1.82) is 0 Å². The van der Waals surface area contributed by atoms with E-state index in [1.807, 2.05) is 4.90 Å². The average molecular weight is 291 g/mol. The minimum Gasteiger partial charge on any atom is -0.476 e. The van der Waals surface area contributed by atoms with Crippen molar-refractivity contribution in [3.8, 4) is 0 Å². The highest BCUT2D eigenvalue weighted by molar-refractivity contribution is 5.84. The summed E-state index contributed by atoms with van der Waals surface area (Å²) in [6, 6.07) is 0.0465. The standard InChI is InChI=1S/C13H17N5O3/c1-9-2-4-16(5-3-9)13(21)17-6-10(7-17)18-8-11(12(19)20)14-15-18/h2,8,10H,3-7H2,1H3,(H,19,20). The lowest BCUT2D eigenvalue weighted by molar-refractivity contribution is 0.0689. The Kier molecular flexibility index (Phi) is 3.36. The summed E-state index contributed by atoms with van der Waals surface area (Å²) in [5.74, 6) is -1.09. The molecular formula is C13H17N5O3. The number of amides is 2. The van der Waals surface area contributed by atoms with Crippen molar-refractivity contribution in [2.75, 3.05) is 26.2 Å². The van der Waals surface area contributed by atoms with E-state index in [1.165, 1.54) is 16.5 Å². The van der Waals surface area contributed by atoms with Gasteiger partial charge in [0.2, 0.25) is 0 Å². The second kappa shape index (κ2) is 5.19. The summed E-state index contributed by atoms with van der Waals surface area (Å²) >= 11 is 0. The Morgan fingerprint density at radius 2 is 2.10 bits per heavy atom. The van der Waals surface area contributed by atoms with Crippen LogP contribution in [0.25, 0.3) is 0 Å². The minimum absolute atomic E-state index is 0.0108. The van der Waals surface area contributed by atoms with E-state index in [2.05, 4.69) is 23.3 Å². The van der Waals surface area contributed by atoms with Crippen LogP contribution < -0.4 is 0 Å². The Morgan fingerprint density at radius 1 is 1.33 bits per heavy atom. The molecular weight excluding hydrogens is 274 g/mol. The van der Waals surface area contributed by atoms with Crippen LogP contribution in [0.5, 0.6) is 0 Å². The molecule has 8 nitrogen and oxygen atoms in total. The third-order valence-corrected chi connectivity index (χ3v) is 3.94. The first-order valence-electron chi connectivity index (χ1n) is 6.89. The first-order valence-corrected chi connectivity index (χ1v) is 6.89. The van der Waals surface area contributed by atoms with Crippen molar-refractivity contribution >= 4 is 12.0 Å². The summed E-state index contributed by atoms with van der Waals surface area (Å²) in [4.78, 5) is 26.6. The molecule has 3 rings (SSSR count). The smallest absolute Gasteiger partial charge is 0.358 e. The molecule has 3 heterocycles. The van der Waals surface area contributed by atoms with Gasteiger partial charge in [0.15, 0.2) is 5.69 Å². The molecule has 1 saturated heterocycles. The van der Waals surface area contributed by atoms with Gasteiger partial charge in [0.05, 0.1) is 12.2 Å². The average Bonchev–Trinajstić information content (AvgIpc) is 2.87. The fraction of sp³-hybridized carbons (Fsp3) is 0.538. The summed E-state index contributed by atoms with van der Waals surface area (Å²) in [6.07, 6.45) is 4.41. The van der Waals surface area contributed by atoms with E-state index in [9.17, 15) is 9.59 Å². The Bertz CT molecular complexity index is 603. The van der Waals surface area contributed by atoms with Gasteiger partial charge in [-0.15, -0.1) is 5.10 Å². The van der Waals surface area contributed by atoms with Gasteiger partial charge in [-0.3, -0.25) is 0 Å². The van der Waals surface area contributed by atoms with Crippen LogP contribution >= 0.6 is 0 Å². The van der Waals surface area contributed by atoms with Crippen molar-refractivity contribution in [2.45, 2.75) is 19.4 Å². The number of nitrogens with zero attached hydrogens (tertiary/aromatic N) is 5. The number of carboxylic acids is 1. The molecule has 1 aromatic heterocycles. The van der Waals surface area contributed by atoms with Gasteiger partial charge in [-0.25, -0.2) is 14.3 Å². The fourth-order valence-electron chi connectivity index (χ4n) is 2.48. The van der Waals surface area contributed by atoms with Crippen molar-refractivity contribution in [3.05, 3.63) is 23.5 Å². The van der Waals surface area contributed by atoms with Crippen LogP contribution in [0.1, 0.15) is 29.9 Å². The van der Waals surface area contributed by atoms with E-state index in [1.54, 1.807) is 4.90 Å². The predicted molar refractivity (Wildman–Crippen MR) is 72.9 cm³/mol. The van der Waals surface area contributed by atoms with Crippen LogP contribution in [0.15, 0.2) is 17.8 Å². The Morgan fingerprint density at radius 3 is 2.67 bits per heavy atom.